The fourth-order valence-corrected chi connectivity index (χ4v) is 4.91. The second-order valence-corrected chi connectivity index (χ2v) is 8.89. The minimum atomic E-state index is -0.766. The van der Waals surface area contributed by atoms with Gasteiger partial charge in [-0.25, -0.2) is 8.78 Å². The molecule has 6 nitrogen and oxygen atoms in total. The van der Waals surface area contributed by atoms with Gasteiger partial charge >= 0.3 is 0 Å². The van der Waals surface area contributed by atoms with Crippen molar-refractivity contribution in [2.75, 3.05) is 7.18 Å². The monoisotopic (exact) mass is 440 g/mol. The molecule has 4 rings (SSSR count). The topological polar surface area (TPSA) is 101 Å². The van der Waals surface area contributed by atoms with Gasteiger partial charge in [0.1, 0.15) is 18.1 Å². The Morgan fingerprint density at radius 2 is 1.77 bits per heavy atom. The number of alkyl halides is 1. The summed E-state index contributed by atoms with van der Waals surface area (Å²) in [6.45, 7) is 0. The van der Waals surface area contributed by atoms with Crippen LogP contribution in [0.2, 0.25) is 0 Å². The van der Waals surface area contributed by atoms with E-state index >= 15 is 0 Å². The highest BCUT2D eigenvalue weighted by Crippen LogP contribution is 2.41. The van der Waals surface area contributed by atoms with E-state index in [1.807, 2.05) is 4.90 Å². The van der Waals surface area contributed by atoms with Crippen molar-refractivity contribution in [3.05, 3.63) is 35.4 Å². The summed E-state index contributed by atoms with van der Waals surface area (Å²) in [5, 5.41) is 2.85. The molecule has 3 aliphatic rings. The summed E-state index contributed by atoms with van der Waals surface area (Å²) in [4.78, 5) is 26.5. The smallest absolute Gasteiger partial charge is 0.232 e. The van der Waals surface area contributed by atoms with Gasteiger partial charge in [-0.05, 0) is 68.7 Å². The highest BCUT2D eigenvalue weighted by molar-refractivity contribution is 5.97. The Hall–Kier alpha value is -2.13. The molecule has 0 radical (unpaired) electrons. The van der Waals surface area contributed by atoms with Crippen molar-refractivity contribution in [2.24, 2.45) is 11.5 Å². The molecule has 0 aromatic heterocycles. The predicted molar refractivity (Wildman–Crippen MR) is 111 cm³/mol. The number of carbonyl (C=O) groups is 2. The van der Waals surface area contributed by atoms with E-state index in [9.17, 15) is 22.8 Å². The molecule has 31 heavy (non-hydrogen) atoms. The van der Waals surface area contributed by atoms with Crippen LogP contribution in [-0.4, -0.2) is 53.6 Å². The number of benzene rings is 1. The molecule has 1 aliphatic carbocycles. The van der Waals surface area contributed by atoms with E-state index in [0.29, 0.717) is 20.0 Å². The van der Waals surface area contributed by atoms with Crippen LogP contribution in [0, 0.1) is 11.6 Å². The van der Waals surface area contributed by atoms with Gasteiger partial charge in [0, 0.05) is 29.7 Å². The lowest BCUT2D eigenvalue weighted by Gasteiger charge is -2.47. The van der Waals surface area contributed by atoms with Crippen LogP contribution in [0.1, 0.15) is 50.5 Å². The number of halogens is 3. The van der Waals surface area contributed by atoms with Crippen molar-refractivity contribution >= 4 is 11.8 Å². The number of hydrogen-bond acceptors (Lipinski definition) is 4. The molecule has 2 bridgehead atoms. The first-order chi connectivity index (χ1) is 14.7. The molecule has 2 aliphatic heterocycles. The van der Waals surface area contributed by atoms with Crippen molar-refractivity contribution in [1.82, 2.24) is 10.2 Å². The molecule has 1 saturated carbocycles. The molecule has 2 saturated heterocycles. The Bertz CT molecular complexity index is 804. The van der Waals surface area contributed by atoms with Crippen molar-refractivity contribution in [2.45, 2.75) is 81.1 Å². The third-order valence-electron chi connectivity index (χ3n) is 6.58. The first-order valence-electron chi connectivity index (χ1n) is 10.7. The number of piperidine rings is 1. The maximum atomic E-state index is 14.0. The van der Waals surface area contributed by atoms with Crippen molar-refractivity contribution < 1.29 is 22.8 Å². The van der Waals surface area contributed by atoms with Crippen molar-refractivity contribution in [3.8, 4) is 0 Å². The van der Waals surface area contributed by atoms with Crippen molar-refractivity contribution in [3.63, 3.8) is 0 Å². The molecule has 0 spiro atoms. The number of fused-ring (bicyclic) bond motifs is 2. The van der Waals surface area contributed by atoms with Crippen molar-refractivity contribution in [1.29, 1.82) is 0 Å². The molecule has 2 heterocycles. The molecule has 172 valence electrons. The number of nitrogens with two attached hydrogens (primary N) is 2. The number of nitrogens with zero attached hydrogens (tertiary/aromatic N) is 1. The Morgan fingerprint density at radius 3 is 2.35 bits per heavy atom. The van der Waals surface area contributed by atoms with Gasteiger partial charge in [-0.1, -0.05) is 0 Å². The summed E-state index contributed by atoms with van der Waals surface area (Å²) in [5.41, 5.74) is 12.5. The molecule has 9 heteroatoms. The lowest BCUT2D eigenvalue weighted by atomic mass is 9.76. The van der Waals surface area contributed by atoms with E-state index in [1.165, 1.54) is 0 Å². The largest absolute Gasteiger partial charge is 0.353 e. The summed E-state index contributed by atoms with van der Waals surface area (Å²) in [6, 6.07) is 2.87. The molecular weight excluding hydrogens is 409 g/mol. The summed E-state index contributed by atoms with van der Waals surface area (Å²) in [7, 11) is 0.500. The maximum absolute atomic E-state index is 14.0. The number of carbonyl (C=O) groups excluding carboxylic acids is 2. The van der Waals surface area contributed by atoms with Gasteiger partial charge in [0.05, 0.1) is 7.18 Å². The maximum Gasteiger partial charge on any atom is 0.232 e. The standard InChI is InChI=1S/C21H28F2N4O2.CH3F/c22-13-1-6-17(23)12(7-13)8-18(24)21(25)10-15-4-5-16(11-21)27(15)20(29)9-19(28)26-14-2-3-14;1-2/h1,6-7,14-16,18H,2-5,8-11,24-25H2,(H,26,28);1H3. The van der Waals surface area contributed by atoms with Gasteiger partial charge in [0.15, 0.2) is 0 Å². The zero-order chi connectivity index (χ0) is 22.8. The molecule has 2 amide bonds. The number of rotatable bonds is 6. The molecule has 1 aromatic rings. The summed E-state index contributed by atoms with van der Waals surface area (Å²) in [6.07, 6.45) is 4.60. The third kappa shape index (κ3) is 5.38. The first-order valence-corrected chi connectivity index (χ1v) is 10.7. The predicted octanol–water partition coefficient (Wildman–Crippen LogP) is 1.94. The van der Waals surface area contributed by atoms with E-state index in [1.54, 1.807) is 0 Å². The minimum Gasteiger partial charge on any atom is -0.353 e. The Morgan fingerprint density at radius 1 is 1.16 bits per heavy atom. The van der Waals surface area contributed by atoms with E-state index in [2.05, 4.69) is 5.32 Å². The highest BCUT2D eigenvalue weighted by Gasteiger charge is 2.50. The van der Waals surface area contributed by atoms with E-state index in [0.717, 1.165) is 43.9 Å². The number of amides is 2. The second-order valence-electron chi connectivity index (χ2n) is 8.89. The first kappa shape index (κ1) is 23.5. The van der Waals surface area contributed by atoms with E-state index < -0.39 is 23.2 Å². The van der Waals surface area contributed by atoms with E-state index in [-0.39, 0.29) is 48.3 Å². The van der Waals surface area contributed by atoms with Gasteiger partial charge in [-0.2, -0.15) is 0 Å². The molecule has 3 atom stereocenters. The van der Waals surface area contributed by atoms with E-state index in [4.69, 9.17) is 11.5 Å². The zero-order valence-corrected chi connectivity index (χ0v) is 17.8. The fraction of sp³-hybridized carbons (Fsp3) is 0.636. The quantitative estimate of drug-likeness (QED) is 0.589. The van der Waals surface area contributed by atoms with Gasteiger partial charge in [-0.15, -0.1) is 0 Å². The molecule has 5 N–H and O–H groups in total. The Balaban J connectivity index is 0.00000132. The van der Waals surface area contributed by atoms with Gasteiger partial charge in [-0.3, -0.25) is 14.0 Å². The normalized spacial score (nSPS) is 27.9. The average Bonchev–Trinajstić information content (AvgIpc) is 3.48. The minimum absolute atomic E-state index is 0.0663. The Labute approximate surface area is 180 Å². The molecule has 3 unspecified atom stereocenters. The number of nitrogens with one attached hydrogen (secondary N) is 1. The van der Waals surface area contributed by atoms with Crippen LogP contribution in [0.3, 0.4) is 0 Å². The summed E-state index contributed by atoms with van der Waals surface area (Å²) < 4.78 is 37.0. The third-order valence-corrected chi connectivity index (χ3v) is 6.58. The van der Waals surface area contributed by atoms with Crippen LogP contribution in [0.25, 0.3) is 0 Å². The van der Waals surface area contributed by atoms with Crippen LogP contribution in [0.5, 0.6) is 0 Å². The SMILES string of the molecule is CF.NC(Cc1cc(F)ccc1F)C1(N)CC2CCC(C1)N2C(=O)CC(=O)NC1CC1. The Kier molecular flexibility index (Phi) is 7.26. The van der Waals surface area contributed by atoms with Crippen LogP contribution < -0.4 is 16.8 Å². The van der Waals surface area contributed by atoms with Gasteiger partial charge in [0.2, 0.25) is 11.8 Å². The molecule has 3 fully saturated rings. The molecule has 1 aromatic carbocycles. The zero-order valence-electron chi connectivity index (χ0n) is 17.8. The summed E-state index contributed by atoms with van der Waals surface area (Å²) >= 11 is 0. The van der Waals surface area contributed by atoms with Crippen LogP contribution in [-0.2, 0) is 16.0 Å². The van der Waals surface area contributed by atoms with Crippen LogP contribution in [0.15, 0.2) is 18.2 Å². The van der Waals surface area contributed by atoms with Gasteiger partial charge in [0.25, 0.3) is 0 Å². The number of hydrogen-bond donors (Lipinski definition) is 3. The fourth-order valence-electron chi connectivity index (χ4n) is 4.91. The lowest BCUT2D eigenvalue weighted by molar-refractivity contribution is -0.140. The van der Waals surface area contributed by atoms with Crippen LogP contribution >= 0.6 is 0 Å². The highest BCUT2D eigenvalue weighted by atomic mass is 19.1. The average molecular weight is 441 g/mol. The second kappa shape index (κ2) is 9.56. The molecular formula is C22H31F3N4O2. The lowest BCUT2D eigenvalue weighted by Crippen LogP contribution is -2.65. The summed E-state index contributed by atoms with van der Waals surface area (Å²) in [5.74, 6) is -1.39. The van der Waals surface area contributed by atoms with Crippen LogP contribution in [0.4, 0.5) is 13.2 Å². The van der Waals surface area contributed by atoms with Gasteiger partial charge < -0.3 is 21.7 Å².